The molecular formula is C44H50O8. The van der Waals surface area contributed by atoms with Gasteiger partial charge in [-0.05, 0) is 37.1 Å². The maximum Gasteiger partial charge on any atom is 0.306 e. The van der Waals surface area contributed by atoms with Crippen molar-refractivity contribution in [3.8, 4) is 23.0 Å². The van der Waals surface area contributed by atoms with E-state index in [2.05, 4.69) is 13.8 Å². The maximum atomic E-state index is 12.8. The first kappa shape index (κ1) is 38.0. The predicted octanol–water partition coefficient (Wildman–Crippen LogP) is 9.89. The van der Waals surface area contributed by atoms with Gasteiger partial charge in [0.25, 0.3) is 0 Å². The average Bonchev–Trinajstić information content (AvgIpc) is 3.18. The summed E-state index contributed by atoms with van der Waals surface area (Å²) in [4.78, 5) is 25.6. The van der Waals surface area contributed by atoms with E-state index in [0.29, 0.717) is 35.8 Å². The summed E-state index contributed by atoms with van der Waals surface area (Å²) in [6, 6.07) is 34.7. The molecule has 0 aliphatic rings. The molecule has 52 heavy (non-hydrogen) atoms. The Bertz CT molecular complexity index is 1630. The van der Waals surface area contributed by atoms with Gasteiger partial charge < -0.3 is 28.4 Å². The van der Waals surface area contributed by atoms with E-state index in [4.69, 9.17) is 28.4 Å². The topological polar surface area (TPSA) is 89.5 Å². The molecule has 0 aromatic heterocycles. The molecule has 0 aliphatic heterocycles. The van der Waals surface area contributed by atoms with Gasteiger partial charge in [-0.15, -0.1) is 0 Å². The average molecular weight is 707 g/mol. The lowest BCUT2D eigenvalue weighted by molar-refractivity contribution is -0.153. The zero-order valence-electron chi connectivity index (χ0n) is 30.3. The predicted molar refractivity (Wildman–Crippen MR) is 204 cm³/mol. The van der Waals surface area contributed by atoms with Crippen LogP contribution in [0.5, 0.6) is 23.0 Å². The molecule has 0 aliphatic carbocycles. The van der Waals surface area contributed by atoms with E-state index in [1.807, 2.05) is 109 Å². The smallest absolute Gasteiger partial charge is 0.306 e. The minimum absolute atomic E-state index is 0.0907. The SMILES string of the molecule is CCCCCC(=O)OC(COc1ccccc1)COc1c2ccccc2c(OCC(COc2ccccc2)OC(=O)CCCCC)c2ccccc12. The Hall–Kier alpha value is -5.24. The van der Waals surface area contributed by atoms with Crippen LogP contribution in [-0.4, -0.2) is 50.6 Å². The van der Waals surface area contributed by atoms with Gasteiger partial charge in [0, 0.05) is 34.4 Å². The molecule has 8 nitrogen and oxygen atoms in total. The van der Waals surface area contributed by atoms with Crippen molar-refractivity contribution in [2.24, 2.45) is 0 Å². The molecule has 0 N–H and O–H groups in total. The first-order chi connectivity index (χ1) is 25.6. The molecule has 2 atom stereocenters. The van der Waals surface area contributed by atoms with E-state index in [1.165, 1.54) is 0 Å². The zero-order valence-corrected chi connectivity index (χ0v) is 30.3. The van der Waals surface area contributed by atoms with Crippen LogP contribution in [0.25, 0.3) is 21.5 Å². The third-order valence-electron chi connectivity index (χ3n) is 8.58. The Kier molecular flexibility index (Phi) is 15.0. The number of carbonyl (C=O) groups excluding carboxylic acids is 2. The Labute approximate surface area is 306 Å². The van der Waals surface area contributed by atoms with Crippen molar-refractivity contribution >= 4 is 33.5 Å². The highest BCUT2D eigenvalue weighted by molar-refractivity contribution is 6.11. The number of benzene rings is 5. The summed E-state index contributed by atoms with van der Waals surface area (Å²) >= 11 is 0. The molecule has 274 valence electrons. The van der Waals surface area contributed by atoms with E-state index in [1.54, 1.807) is 0 Å². The van der Waals surface area contributed by atoms with Crippen molar-refractivity contribution in [2.75, 3.05) is 26.4 Å². The number of ether oxygens (including phenoxy) is 6. The number of rotatable bonds is 22. The van der Waals surface area contributed by atoms with E-state index in [9.17, 15) is 9.59 Å². The Morgan fingerprint density at radius 2 is 0.769 bits per heavy atom. The first-order valence-corrected chi connectivity index (χ1v) is 18.5. The van der Waals surface area contributed by atoms with E-state index in [0.717, 1.165) is 60.1 Å². The molecule has 5 aromatic carbocycles. The minimum atomic E-state index is -0.639. The Balaban J connectivity index is 1.38. The summed E-state index contributed by atoms with van der Waals surface area (Å²) in [6.45, 7) is 4.67. The summed E-state index contributed by atoms with van der Waals surface area (Å²) in [5, 5.41) is 3.34. The highest BCUT2D eigenvalue weighted by Gasteiger charge is 2.23. The molecule has 0 saturated heterocycles. The lowest BCUT2D eigenvalue weighted by Crippen LogP contribution is -2.31. The summed E-state index contributed by atoms with van der Waals surface area (Å²) in [7, 11) is 0. The summed E-state index contributed by atoms with van der Waals surface area (Å²) in [5.41, 5.74) is 0. The molecule has 0 fully saturated rings. The van der Waals surface area contributed by atoms with Gasteiger partial charge in [0.1, 0.15) is 49.4 Å². The number of hydrogen-bond acceptors (Lipinski definition) is 8. The van der Waals surface area contributed by atoms with E-state index >= 15 is 0 Å². The molecule has 5 aromatic rings. The van der Waals surface area contributed by atoms with Crippen LogP contribution in [-0.2, 0) is 19.1 Å². The lowest BCUT2D eigenvalue weighted by atomic mass is 10.0. The minimum Gasteiger partial charge on any atom is -0.490 e. The number of hydrogen-bond donors (Lipinski definition) is 0. The van der Waals surface area contributed by atoms with Crippen molar-refractivity contribution in [2.45, 2.75) is 77.4 Å². The largest absolute Gasteiger partial charge is 0.490 e. The van der Waals surface area contributed by atoms with Crippen LogP contribution in [0.3, 0.4) is 0 Å². The maximum absolute atomic E-state index is 12.8. The molecule has 0 bridgehead atoms. The monoisotopic (exact) mass is 706 g/mol. The second-order valence-electron chi connectivity index (χ2n) is 12.8. The fourth-order valence-electron chi connectivity index (χ4n) is 5.88. The van der Waals surface area contributed by atoms with Crippen molar-refractivity contribution < 1.29 is 38.0 Å². The zero-order chi connectivity index (χ0) is 36.4. The normalized spacial score (nSPS) is 12.2. The molecule has 0 spiro atoms. The van der Waals surface area contributed by atoms with Crippen LogP contribution < -0.4 is 18.9 Å². The summed E-state index contributed by atoms with van der Waals surface area (Å²) in [5.74, 6) is 2.13. The van der Waals surface area contributed by atoms with Gasteiger partial charge in [0.05, 0.1) is 0 Å². The third-order valence-corrected chi connectivity index (χ3v) is 8.58. The standard InChI is InChI=1S/C44H50O8/c1-3-5-9-27-41(45)51-35(29-47-33-19-11-7-12-20-33)31-49-43-37-23-15-17-25-39(37)44(40-26-18-16-24-38(40)43)50-32-36(52-42(46)28-10-6-4-2)30-48-34-21-13-8-14-22-34/h7-8,11-26,35-36H,3-6,9-10,27-32H2,1-2H3. The van der Waals surface area contributed by atoms with Crippen LogP contribution in [0.4, 0.5) is 0 Å². The lowest BCUT2D eigenvalue weighted by Gasteiger charge is -2.23. The molecule has 8 heteroatoms. The number of esters is 2. The Morgan fingerprint density at radius 3 is 1.12 bits per heavy atom. The summed E-state index contributed by atoms with van der Waals surface area (Å²) < 4.78 is 37.0. The van der Waals surface area contributed by atoms with Crippen LogP contribution in [0, 0.1) is 0 Å². The third kappa shape index (κ3) is 11.4. The number of fused-ring (bicyclic) bond motifs is 2. The van der Waals surface area contributed by atoms with E-state index in [-0.39, 0.29) is 38.4 Å². The molecule has 0 amide bonds. The molecule has 0 saturated carbocycles. The summed E-state index contributed by atoms with van der Waals surface area (Å²) in [6.07, 6.45) is 4.92. The fraction of sp³-hybridized carbons (Fsp3) is 0.364. The van der Waals surface area contributed by atoms with E-state index < -0.39 is 12.2 Å². The first-order valence-electron chi connectivity index (χ1n) is 18.5. The quantitative estimate of drug-likeness (QED) is 0.0399. The van der Waals surface area contributed by atoms with Crippen LogP contribution >= 0.6 is 0 Å². The highest BCUT2D eigenvalue weighted by atomic mass is 16.6. The molecular weight excluding hydrogens is 656 g/mol. The van der Waals surface area contributed by atoms with Crippen LogP contribution in [0.2, 0.25) is 0 Å². The van der Waals surface area contributed by atoms with Crippen LogP contribution in [0.1, 0.15) is 65.2 Å². The number of carbonyl (C=O) groups is 2. The van der Waals surface area contributed by atoms with Gasteiger partial charge in [-0.3, -0.25) is 9.59 Å². The van der Waals surface area contributed by atoms with Gasteiger partial charge in [-0.2, -0.15) is 0 Å². The van der Waals surface area contributed by atoms with Gasteiger partial charge in [0.2, 0.25) is 0 Å². The van der Waals surface area contributed by atoms with Gasteiger partial charge in [0.15, 0.2) is 12.2 Å². The molecule has 5 rings (SSSR count). The molecule has 2 unspecified atom stereocenters. The van der Waals surface area contributed by atoms with Crippen molar-refractivity contribution in [1.29, 1.82) is 0 Å². The van der Waals surface area contributed by atoms with Gasteiger partial charge in [-0.1, -0.05) is 124 Å². The fourth-order valence-corrected chi connectivity index (χ4v) is 5.88. The number of para-hydroxylation sites is 2. The van der Waals surface area contributed by atoms with Crippen molar-refractivity contribution in [3.63, 3.8) is 0 Å². The Morgan fingerprint density at radius 1 is 0.442 bits per heavy atom. The van der Waals surface area contributed by atoms with Gasteiger partial charge in [-0.25, -0.2) is 0 Å². The van der Waals surface area contributed by atoms with Crippen molar-refractivity contribution in [1.82, 2.24) is 0 Å². The molecule has 0 heterocycles. The second-order valence-corrected chi connectivity index (χ2v) is 12.8. The van der Waals surface area contributed by atoms with Crippen molar-refractivity contribution in [3.05, 3.63) is 109 Å². The highest BCUT2D eigenvalue weighted by Crippen LogP contribution is 2.43. The molecule has 0 radical (unpaired) electrons. The number of unbranched alkanes of at least 4 members (excludes halogenated alkanes) is 4. The second kappa shape index (κ2) is 20.6. The van der Waals surface area contributed by atoms with Gasteiger partial charge >= 0.3 is 11.9 Å². The van der Waals surface area contributed by atoms with Crippen LogP contribution in [0.15, 0.2) is 109 Å².